The summed E-state index contributed by atoms with van der Waals surface area (Å²) in [6, 6.07) is 0. The summed E-state index contributed by atoms with van der Waals surface area (Å²) in [5, 5.41) is 0. The molecular weight excluding hydrogens is 257 g/mol. The van der Waals surface area contributed by atoms with E-state index < -0.39 is 22.7 Å². The van der Waals surface area contributed by atoms with Crippen LogP contribution in [0.25, 0.3) is 0 Å². The molecule has 0 aromatic rings. The third-order valence-electron chi connectivity index (χ3n) is 3.04. The van der Waals surface area contributed by atoms with Crippen molar-refractivity contribution in [2.24, 2.45) is 0 Å². The lowest BCUT2D eigenvalue weighted by molar-refractivity contribution is -0.895. The molecule has 0 amide bonds. The minimum Gasteiger partial charge on any atom is -0.325 e. The number of sulfonamides is 1. The quantitative estimate of drug-likeness (QED) is 0.751. The molecule has 0 unspecified atom stereocenters. The SMILES string of the molecule is C[N+]1(CCS(=O)(=O)NCC(F)(F)F)CCCC1. The molecule has 0 bridgehead atoms. The van der Waals surface area contributed by atoms with Gasteiger partial charge in [0.2, 0.25) is 10.0 Å². The Balaban J connectivity index is 2.39. The highest BCUT2D eigenvalue weighted by molar-refractivity contribution is 7.89. The van der Waals surface area contributed by atoms with Gasteiger partial charge in [-0.3, -0.25) is 0 Å². The van der Waals surface area contributed by atoms with Crippen LogP contribution < -0.4 is 4.72 Å². The second kappa shape index (κ2) is 5.11. The number of alkyl halides is 3. The zero-order valence-corrected chi connectivity index (χ0v) is 10.6. The van der Waals surface area contributed by atoms with Gasteiger partial charge < -0.3 is 4.48 Å². The number of nitrogens with zero attached hydrogens (tertiary/aromatic N) is 1. The van der Waals surface area contributed by atoms with E-state index in [-0.39, 0.29) is 5.75 Å². The molecule has 17 heavy (non-hydrogen) atoms. The molecule has 4 nitrogen and oxygen atoms in total. The van der Waals surface area contributed by atoms with Crippen molar-refractivity contribution < 1.29 is 26.1 Å². The van der Waals surface area contributed by atoms with Crippen LogP contribution in [0.3, 0.4) is 0 Å². The van der Waals surface area contributed by atoms with Crippen molar-refractivity contribution >= 4 is 10.0 Å². The number of rotatable bonds is 5. The second-order valence-electron chi connectivity index (χ2n) is 4.75. The van der Waals surface area contributed by atoms with Crippen LogP contribution in [0, 0.1) is 0 Å². The first-order valence-electron chi connectivity index (χ1n) is 5.50. The minimum atomic E-state index is -4.50. The monoisotopic (exact) mass is 275 g/mol. The number of hydrogen-bond donors (Lipinski definition) is 1. The lowest BCUT2D eigenvalue weighted by atomic mass is 10.4. The lowest BCUT2D eigenvalue weighted by Crippen LogP contribution is -2.46. The molecule has 1 heterocycles. The molecule has 0 radical (unpaired) electrons. The Kier molecular flexibility index (Phi) is 4.43. The van der Waals surface area contributed by atoms with E-state index in [9.17, 15) is 21.6 Å². The van der Waals surface area contributed by atoms with E-state index in [4.69, 9.17) is 0 Å². The van der Waals surface area contributed by atoms with Gasteiger partial charge in [0.25, 0.3) is 0 Å². The molecule has 1 fully saturated rings. The lowest BCUT2D eigenvalue weighted by Gasteiger charge is -2.28. The van der Waals surface area contributed by atoms with Crippen molar-refractivity contribution in [3.05, 3.63) is 0 Å². The number of hydrogen-bond acceptors (Lipinski definition) is 2. The number of likely N-dealkylation sites (tertiary alicyclic amines) is 1. The van der Waals surface area contributed by atoms with Crippen LogP contribution in [0.15, 0.2) is 0 Å². The molecule has 0 atom stereocenters. The Morgan fingerprint density at radius 1 is 1.24 bits per heavy atom. The van der Waals surface area contributed by atoms with E-state index in [0.29, 0.717) is 11.0 Å². The van der Waals surface area contributed by atoms with Crippen LogP contribution in [0.5, 0.6) is 0 Å². The highest BCUT2D eigenvalue weighted by Gasteiger charge is 2.32. The fraction of sp³-hybridized carbons (Fsp3) is 1.00. The van der Waals surface area contributed by atoms with Crippen molar-refractivity contribution in [2.75, 3.05) is 39.0 Å². The second-order valence-corrected chi connectivity index (χ2v) is 6.68. The van der Waals surface area contributed by atoms with Crippen LogP contribution in [-0.4, -0.2) is 58.1 Å². The van der Waals surface area contributed by atoms with E-state index in [2.05, 4.69) is 0 Å². The summed E-state index contributed by atoms with van der Waals surface area (Å²) in [6.07, 6.45) is -2.40. The molecule has 1 saturated heterocycles. The maximum atomic E-state index is 11.9. The highest BCUT2D eigenvalue weighted by atomic mass is 32.2. The van der Waals surface area contributed by atoms with Crippen molar-refractivity contribution in [1.29, 1.82) is 0 Å². The van der Waals surface area contributed by atoms with Gasteiger partial charge in [-0.2, -0.15) is 13.2 Å². The third-order valence-corrected chi connectivity index (χ3v) is 4.34. The molecule has 0 aliphatic carbocycles. The number of quaternary nitrogens is 1. The number of halogens is 3. The van der Waals surface area contributed by atoms with E-state index in [1.165, 1.54) is 0 Å². The van der Waals surface area contributed by atoms with Gasteiger partial charge in [-0.1, -0.05) is 0 Å². The molecule has 0 aromatic heterocycles. The number of nitrogens with one attached hydrogen (secondary N) is 1. The topological polar surface area (TPSA) is 46.2 Å². The minimum absolute atomic E-state index is 0.250. The highest BCUT2D eigenvalue weighted by Crippen LogP contribution is 2.16. The molecule has 1 rings (SSSR count). The first-order valence-corrected chi connectivity index (χ1v) is 7.15. The van der Waals surface area contributed by atoms with Gasteiger partial charge in [-0.15, -0.1) is 0 Å². The molecule has 8 heteroatoms. The molecule has 102 valence electrons. The zero-order valence-electron chi connectivity index (χ0n) is 9.76. The first kappa shape index (κ1) is 14.7. The summed E-state index contributed by atoms with van der Waals surface area (Å²) < 4.78 is 60.5. The molecule has 1 aliphatic rings. The van der Waals surface area contributed by atoms with Gasteiger partial charge in [0.05, 0.1) is 26.7 Å². The zero-order chi connectivity index (χ0) is 13.2. The molecule has 1 N–H and O–H groups in total. The Bertz CT molecular complexity index is 348. The van der Waals surface area contributed by atoms with Gasteiger partial charge >= 0.3 is 6.18 Å². The van der Waals surface area contributed by atoms with E-state index in [1.54, 1.807) is 4.72 Å². The summed E-state index contributed by atoms with van der Waals surface area (Å²) in [5.74, 6) is -0.250. The van der Waals surface area contributed by atoms with Gasteiger partial charge in [0.15, 0.2) is 0 Å². The van der Waals surface area contributed by atoms with Crippen LogP contribution >= 0.6 is 0 Å². The molecule has 0 aromatic carbocycles. The maximum Gasteiger partial charge on any atom is 0.402 e. The van der Waals surface area contributed by atoms with Gasteiger partial charge in [-0.25, -0.2) is 13.1 Å². The van der Waals surface area contributed by atoms with Crippen LogP contribution in [0.1, 0.15) is 12.8 Å². The summed E-state index contributed by atoms with van der Waals surface area (Å²) in [5.41, 5.74) is 0. The Morgan fingerprint density at radius 2 is 1.76 bits per heavy atom. The van der Waals surface area contributed by atoms with Crippen LogP contribution in [-0.2, 0) is 10.0 Å². The molecule has 0 spiro atoms. The first-order chi connectivity index (χ1) is 7.62. The average molecular weight is 275 g/mol. The van der Waals surface area contributed by atoms with Crippen LogP contribution in [0.2, 0.25) is 0 Å². The van der Waals surface area contributed by atoms with E-state index in [1.807, 2.05) is 7.05 Å². The van der Waals surface area contributed by atoms with Gasteiger partial charge in [0.1, 0.15) is 12.3 Å². The predicted octanol–water partition coefficient (Wildman–Crippen LogP) is 0.708. The molecular formula is C9H18F3N2O2S+. The Labute approximate surface area is 99.4 Å². The van der Waals surface area contributed by atoms with Crippen molar-refractivity contribution in [3.8, 4) is 0 Å². The summed E-state index contributed by atoms with van der Waals surface area (Å²) in [4.78, 5) is 0. The Hall–Kier alpha value is -0.340. The van der Waals surface area contributed by atoms with E-state index in [0.717, 1.165) is 25.9 Å². The normalized spacial score (nSPS) is 20.7. The van der Waals surface area contributed by atoms with Gasteiger partial charge in [0, 0.05) is 12.8 Å². The maximum absolute atomic E-state index is 11.9. The molecule has 1 aliphatic heterocycles. The Morgan fingerprint density at radius 3 is 2.24 bits per heavy atom. The fourth-order valence-electron chi connectivity index (χ4n) is 1.93. The van der Waals surface area contributed by atoms with Crippen molar-refractivity contribution in [2.45, 2.75) is 19.0 Å². The van der Waals surface area contributed by atoms with Crippen molar-refractivity contribution in [3.63, 3.8) is 0 Å². The smallest absolute Gasteiger partial charge is 0.325 e. The standard InChI is InChI=1S/C9H18F3N2O2S/c1-14(4-2-3-5-14)6-7-17(15,16)13-8-9(10,11)12/h13H,2-8H2,1H3/q+1. The van der Waals surface area contributed by atoms with Gasteiger partial charge in [-0.05, 0) is 0 Å². The summed E-state index contributed by atoms with van der Waals surface area (Å²) in [6.45, 7) is 0.676. The predicted molar refractivity (Wildman–Crippen MR) is 57.9 cm³/mol. The summed E-state index contributed by atoms with van der Waals surface area (Å²) >= 11 is 0. The fourth-order valence-corrected chi connectivity index (χ4v) is 3.14. The van der Waals surface area contributed by atoms with E-state index >= 15 is 0 Å². The third kappa shape index (κ3) is 5.69. The summed E-state index contributed by atoms with van der Waals surface area (Å²) in [7, 11) is -1.89. The van der Waals surface area contributed by atoms with Crippen LogP contribution in [0.4, 0.5) is 13.2 Å². The average Bonchev–Trinajstić information content (AvgIpc) is 2.60. The van der Waals surface area contributed by atoms with Crippen molar-refractivity contribution in [1.82, 2.24) is 4.72 Å². The largest absolute Gasteiger partial charge is 0.402 e. The molecule has 0 saturated carbocycles.